The molecular formula is C12H6Cl2F3N3. The van der Waals surface area contributed by atoms with Gasteiger partial charge < -0.3 is 5.32 Å². The number of alkyl halides is 3. The smallest absolute Gasteiger partial charge is 0.358 e. The molecule has 0 unspecified atom stereocenters. The van der Waals surface area contributed by atoms with Crippen LogP contribution in [0.5, 0.6) is 0 Å². The van der Waals surface area contributed by atoms with E-state index in [1.165, 1.54) is 6.20 Å². The Morgan fingerprint density at radius 1 is 1.25 bits per heavy atom. The second-order valence-electron chi connectivity index (χ2n) is 3.57. The summed E-state index contributed by atoms with van der Waals surface area (Å²) in [6, 6.07) is 4.97. The van der Waals surface area contributed by atoms with E-state index < -0.39 is 11.7 Å². The summed E-state index contributed by atoms with van der Waals surface area (Å²) in [5.74, 6) is 0. The lowest BCUT2D eigenvalue weighted by Gasteiger charge is -2.12. The molecule has 3 nitrogen and oxygen atoms in total. The van der Waals surface area contributed by atoms with Crippen LogP contribution in [0, 0.1) is 22.7 Å². The monoisotopic (exact) mass is 319 g/mol. The third-order valence-electron chi connectivity index (χ3n) is 2.17. The van der Waals surface area contributed by atoms with Crippen LogP contribution in [-0.2, 0) is 6.18 Å². The largest absolute Gasteiger partial charge is 0.416 e. The number of hydrogen-bond acceptors (Lipinski definition) is 3. The maximum absolute atomic E-state index is 12.5. The highest BCUT2D eigenvalue weighted by Crippen LogP contribution is 2.38. The quantitative estimate of drug-likeness (QED) is 0.818. The number of halogens is 5. The molecule has 0 spiro atoms. The average molecular weight is 320 g/mol. The molecule has 0 aliphatic carbocycles. The van der Waals surface area contributed by atoms with Crippen LogP contribution < -0.4 is 5.32 Å². The predicted molar refractivity (Wildman–Crippen MR) is 69.0 cm³/mol. The highest BCUT2D eigenvalue weighted by Gasteiger charge is 2.31. The first kappa shape index (κ1) is 16.2. The van der Waals surface area contributed by atoms with Crippen molar-refractivity contribution < 1.29 is 13.2 Å². The molecule has 104 valence electrons. The minimum atomic E-state index is -4.56. The number of nitriles is 2. The lowest BCUT2D eigenvalue weighted by molar-refractivity contribution is -0.137. The van der Waals surface area contributed by atoms with Crippen molar-refractivity contribution in [3.8, 4) is 12.1 Å². The molecule has 1 rings (SSSR count). The molecule has 0 atom stereocenters. The van der Waals surface area contributed by atoms with Crippen molar-refractivity contribution in [3.63, 3.8) is 0 Å². The zero-order chi connectivity index (χ0) is 15.3. The van der Waals surface area contributed by atoms with E-state index in [0.717, 1.165) is 12.1 Å². The maximum Gasteiger partial charge on any atom is 0.416 e. The Bertz CT molecular complexity index is 601. The van der Waals surface area contributed by atoms with E-state index in [4.69, 9.17) is 33.7 Å². The van der Waals surface area contributed by atoms with E-state index in [-0.39, 0.29) is 27.7 Å². The van der Waals surface area contributed by atoms with Gasteiger partial charge in [-0.15, -0.1) is 0 Å². The van der Waals surface area contributed by atoms with Gasteiger partial charge in [-0.3, -0.25) is 0 Å². The summed E-state index contributed by atoms with van der Waals surface area (Å²) in [5, 5.41) is 19.2. The van der Waals surface area contributed by atoms with Gasteiger partial charge >= 0.3 is 6.18 Å². The normalized spacial score (nSPS) is 11.7. The van der Waals surface area contributed by atoms with Gasteiger partial charge in [0.25, 0.3) is 0 Å². The topological polar surface area (TPSA) is 59.6 Å². The summed E-state index contributed by atoms with van der Waals surface area (Å²) in [5.41, 5.74) is -0.842. The third kappa shape index (κ3) is 4.06. The van der Waals surface area contributed by atoms with E-state index in [2.05, 4.69) is 5.32 Å². The van der Waals surface area contributed by atoms with E-state index in [9.17, 15) is 13.2 Å². The Kier molecular flexibility index (Phi) is 5.26. The molecule has 1 aromatic carbocycles. The molecule has 1 aromatic rings. The Morgan fingerprint density at radius 3 is 2.20 bits per heavy atom. The molecule has 0 aromatic heterocycles. The fourth-order valence-corrected chi connectivity index (χ4v) is 1.84. The molecule has 0 aliphatic rings. The van der Waals surface area contributed by atoms with Gasteiger partial charge in [0.1, 0.15) is 0 Å². The van der Waals surface area contributed by atoms with E-state index in [1.807, 2.05) is 0 Å². The number of anilines is 1. The lowest BCUT2D eigenvalue weighted by Crippen LogP contribution is -2.05. The van der Waals surface area contributed by atoms with Gasteiger partial charge in [0, 0.05) is 6.20 Å². The first-order chi connectivity index (χ1) is 9.29. The predicted octanol–water partition coefficient (Wildman–Crippen LogP) is 4.75. The van der Waals surface area contributed by atoms with Crippen molar-refractivity contribution in [2.24, 2.45) is 0 Å². The molecule has 1 N–H and O–H groups in total. The summed E-state index contributed by atoms with van der Waals surface area (Å²) in [6.45, 7) is 0. The molecule has 0 fully saturated rings. The van der Waals surface area contributed by atoms with Crippen LogP contribution >= 0.6 is 23.2 Å². The molecule has 0 saturated heterocycles. The van der Waals surface area contributed by atoms with Crippen molar-refractivity contribution in [1.82, 2.24) is 0 Å². The van der Waals surface area contributed by atoms with Crippen LogP contribution in [0.25, 0.3) is 0 Å². The number of rotatable bonds is 3. The zero-order valence-electron chi connectivity index (χ0n) is 9.72. The van der Waals surface area contributed by atoms with Gasteiger partial charge in [-0.1, -0.05) is 23.2 Å². The van der Waals surface area contributed by atoms with Gasteiger partial charge in [-0.2, -0.15) is 23.7 Å². The summed E-state index contributed by atoms with van der Waals surface area (Å²) < 4.78 is 37.6. The van der Waals surface area contributed by atoms with Crippen LogP contribution in [0.15, 0.2) is 23.9 Å². The van der Waals surface area contributed by atoms with Crippen LogP contribution in [0.2, 0.25) is 10.0 Å². The third-order valence-corrected chi connectivity index (χ3v) is 2.77. The summed E-state index contributed by atoms with van der Waals surface area (Å²) in [6.07, 6.45) is -3.52. The highest BCUT2D eigenvalue weighted by molar-refractivity contribution is 6.39. The van der Waals surface area contributed by atoms with Crippen LogP contribution in [0.3, 0.4) is 0 Å². The average Bonchev–Trinajstić information content (AvgIpc) is 2.35. The van der Waals surface area contributed by atoms with Crippen molar-refractivity contribution in [2.75, 3.05) is 5.32 Å². The fourth-order valence-electron chi connectivity index (χ4n) is 1.24. The van der Waals surface area contributed by atoms with Gasteiger partial charge in [-0.25, -0.2) is 0 Å². The number of allylic oxidation sites excluding steroid dienone is 1. The standard InChI is InChI=1S/C12H6Cl2F3N3/c13-9-3-8(12(15,16)17)4-10(14)11(9)20-6-7(5-19)1-2-18/h3-4,6,20H,1H2/b7-6+. The SMILES string of the molecule is N#CC/C(C#N)=C\Nc1c(Cl)cc(C(F)(F)F)cc1Cl. The second kappa shape index (κ2) is 6.51. The van der Waals surface area contributed by atoms with E-state index >= 15 is 0 Å². The lowest BCUT2D eigenvalue weighted by atomic mass is 10.2. The van der Waals surface area contributed by atoms with Gasteiger partial charge in [0.15, 0.2) is 0 Å². The van der Waals surface area contributed by atoms with Gasteiger partial charge in [0.05, 0.1) is 45.4 Å². The van der Waals surface area contributed by atoms with Crippen molar-refractivity contribution >= 4 is 28.9 Å². The number of benzene rings is 1. The number of nitrogens with one attached hydrogen (secondary N) is 1. The Hall–Kier alpha value is -1.89. The summed E-state index contributed by atoms with van der Waals surface area (Å²) in [7, 11) is 0. The van der Waals surface area contributed by atoms with E-state index in [1.54, 1.807) is 12.1 Å². The van der Waals surface area contributed by atoms with Crippen LogP contribution in [0.1, 0.15) is 12.0 Å². The molecule has 0 amide bonds. The van der Waals surface area contributed by atoms with Crippen LogP contribution in [0.4, 0.5) is 18.9 Å². The highest BCUT2D eigenvalue weighted by atomic mass is 35.5. The fraction of sp³-hybridized carbons (Fsp3) is 0.167. The van der Waals surface area contributed by atoms with Gasteiger partial charge in [0.2, 0.25) is 0 Å². The van der Waals surface area contributed by atoms with Crippen molar-refractivity contribution in [2.45, 2.75) is 12.6 Å². The molecular weight excluding hydrogens is 314 g/mol. The Labute approximate surface area is 122 Å². The Balaban J connectivity index is 3.11. The van der Waals surface area contributed by atoms with Gasteiger partial charge in [-0.05, 0) is 12.1 Å². The van der Waals surface area contributed by atoms with Crippen LogP contribution in [-0.4, -0.2) is 0 Å². The van der Waals surface area contributed by atoms with Crippen molar-refractivity contribution in [3.05, 3.63) is 39.5 Å². The zero-order valence-corrected chi connectivity index (χ0v) is 11.2. The maximum atomic E-state index is 12.5. The molecule has 0 aliphatic heterocycles. The molecule has 0 radical (unpaired) electrons. The number of hydrogen-bond donors (Lipinski definition) is 1. The molecule has 20 heavy (non-hydrogen) atoms. The summed E-state index contributed by atoms with van der Waals surface area (Å²) in [4.78, 5) is 0. The molecule has 8 heteroatoms. The molecule has 0 heterocycles. The molecule has 0 bridgehead atoms. The van der Waals surface area contributed by atoms with Crippen molar-refractivity contribution in [1.29, 1.82) is 10.5 Å². The Morgan fingerprint density at radius 2 is 1.80 bits per heavy atom. The number of nitrogens with zero attached hydrogens (tertiary/aromatic N) is 2. The molecule has 0 saturated carbocycles. The first-order valence-corrected chi connectivity index (χ1v) is 5.84. The minimum absolute atomic E-state index is 0.0343. The minimum Gasteiger partial charge on any atom is -0.358 e. The second-order valence-corrected chi connectivity index (χ2v) is 4.39. The first-order valence-electron chi connectivity index (χ1n) is 5.08. The summed E-state index contributed by atoms with van der Waals surface area (Å²) >= 11 is 11.4. The van der Waals surface area contributed by atoms with E-state index in [0.29, 0.717) is 0 Å².